The molecule has 0 radical (unpaired) electrons. The summed E-state index contributed by atoms with van der Waals surface area (Å²) in [5.74, 6) is 0.579. The number of carbonyl (C=O) groups is 2. The van der Waals surface area contributed by atoms with Gasteiger partial charge in [0.2, 0.25) is 11.8 Å². The maximum Gasteiger partial charge on any atom is 0.234 e. The van der Waals surface area contributed by atoms with Gasteiger partial charge in [0.15, 0.2) is 11.0 Å². The second kappa shape index (κ2) is 10.8. The van der Waals surface area contributed by atoms with E-state index >= 15 is 0 Å². The molecule has 0 saturated carbocycles. The van der Waals surface area contributed by atoms with Crippen LogP contribution in [0.4, 0.5) is 11.4 Å². The second-order valence-electron chi connectivity index (χ2n) is 7.90. The van der Waals surface area contributed by atoms with Gasteiger partial charge in [0.25, 0.3) is 0 Å². The Morgan fingerprint density at radius 2 is 1.41 bits per heavy atom. The van der Waals surface area contributed by atoms with Crippen molar-refractivity contribution in [2.75, 3.05) is 16.4 Å². The van der Waals surface area contributed by atoms with Crippen LogP contribution in [0.3, 0.4) is 0 Å². The number of hydrogen-bond acceptors (Lipinski definition) is 5. The van der Waals surface area contributed by atoms with E-state index in [0.717, 1.165) is 11.3 Å². The summed E-state index contributed by atoms with van der Waals surface area (Å²) in [6.45, 7) is 3.67. The monoisotopic (exact) mass is 471 g/mol. The van der Waals surface area contributed by atoms with Gasteiger partial charge in [0.05, 0.1) is 5.75 Å². The zero-order valence-corrected chi connectivity index (χ0v) is 19.8. The molecule has 8 heteroatoms. The van der Waals surface area contributed by atoms with Crippen molar-refractivity contribution in [3.8, 4) is 17.1 Å². The van der Waals surface area contributed by atoms with E-state index in [1.165, 1.54) is 11.8 Å². The number of nitrogens with zero attached hydrogens (tertiary/aromatic N) is 3. The summed E-state index contributed by atoms with van der Waals surface area (Å²) < 4.78 is 1.96. The minimum absolute atomic E-state index is 0.0504. The van der Waals surface area contributed by atoms with Gasteiger partial charge in [0.1, 0.15) is 0 Å². The third-order valence-electron chi connectivity index (χ3n) is 4.97. The molecule has 1 heterocycles. The van der Waals surface area contributed by atoms with Crippen LogP contribution in [0.25, 0.3) is 17.1 Å². The summed E-state index contributed by atoms with van der Waals surface area (Å²) in [5.41, 5.74) is 3.21. The van der Waals surface area contributed by atoms with Crippen molar-refractivity contribution in [3.63, 3.8) is 0 Å². The zero-order chi connectivity index (χ0) is 23.9. The van der Waals surface area contributed by atoms with Crippen LogP contribution in [0, 0.1) is 5.92 Å². The molecule has 1 aromatic heterocycles. The lowest BCUT2D eigenvalue weighted by molar-refractivity contribution is -0.119. The number of anilines is 2. The predicted octanol–water partition coefficient (Wildman–Crippen LogP) is 5.26. The van der Waals surface area contributed by atoms with Gasteiger partial charge in [-0.15, -0.1) is 10.2 Å². The van der Waals surface area contributed by atoms with E-state index in [2.05, 4.69) is 20.8 Å². The van der Waals surface area contributed by atoms with Crippen LogP contribution in [0.15, 0.2) is 90.1 Å². The Labute approximate surface area is 202 Å². The summed E-state index contributed by atoms with van der Waals surface area (Å²) in [6, 6.07) is 26.7. The molecule has 0 fully saturated rings. The number of nitrogens with one attached hydrogen (secondary N) is 2. The smallest absolute Gasteiger partial charge is 0.234 e. The normalized spacial score (nSPS) is 10.8. The standard InChI is InChI=1S/C26H25N5O2S/c1-18(2)25(33)28-21-15-13-20(14-16-21)27-23(32)17-34-26-30-29-24(19-9-5-3-6-10-19)31(26)22-11-7-4-8-12-22/h3-16,18H,17H2,1-2H3,(H,27,32)(H,28,33). The van der Waals surface area contributed by atoms with Crippen molar-refractivity contribution in [1.82, 2.24) is 14.8 Å². The van der Waals surface area contributed by atoms with Crippen LogP contribution in [0.2, 0.25) is 0 Å². The van der Waals surface area contributed by atoms with E-state index in [9.17, 15) is 9.59 Å². The minimum atomic E-state index is -0.159. The summed E-state index contributed by atoms with van der Waals surface area (Å²) in [7, 11) is 0. The fourth-order valence-electron chi connectivity index (χ4n) is 3.20. The Balaban J connectivity index is 1.45. The van der Waals surface area contributed by atoms with Crippen LogP contribution >= 0.6 is 11.8 Å². The molecule has 0 bridgehead atoms. The fourth-order valence-corrected chi connectivity index (χ4v) is 3.95. The molecule has 0 aliphatic rings. The number of amides is 2. The number of para-hydroxylation sites is 1. The quantitative estimate of drug-likeness (QED) is 0.342. The molecule has 34 heavy (non-hydrogen) atoms. The number of hydrogen-bond donors (Lipinski definition) is 2. The summed E-state index contributed by atoms with van der Waals surface area (Å²) in [6.07, 6.45) is 0. The van der Waals surface area contributed by atoms with Gasteiger partial charge in [-0.1, -0.05) is 74.1 Å². The van der Waals surface area contributed by atoms with Crippen molar-refractivity contribution < 1.29 is 9.59 Å². The lowest BCUT2D eigenvalue weighted by atomic mass is 10.2. The molecule has 0 unspecified atom stereocenters. The SMILES string of the molecule is CC(C)C(=O)Nc1ccc(NC(=O)CSc2nnc(-c3ccccc3)n2-c2ccccc2)cc1. The Morgan fingerprint density at radius 1 is 0.824 bits per heavy atom. The average Bonchev–Trinajstić information content (AvgIpc) is 3.29. The highest BCUT2D eigenvalue weighted by molar-refractivity contribution is 7.99. The van der Waals surface area contributed by atoms with E-state index in [1.54, 1.807) is 24.3 Å². The number of thioether (sulfide) groups is 1. The molecule has 0 aliphatic carbocycles. The van der Waals surface area contributed by atoms with Gasteiger partial charge in [0, 0.05) is 28.5 Å². The summed E-state index contributed by atoms with van der Waals surface area (Å²) in [4.78, 5) is 24.4. The van der Waals surface area contributed by atoms with Crippen molar-refractivity contribution in [3.05, 3.63) is 84.9 Å². The van der Waals surface area contributed by atoms with Gasteiger partial charge in [-0.25, -0.2) is 0 Å². The average molecular weight is 472 g/mol. The third-order valence-corrected chi connectivity index (χ3v) is 5.90. The molecule has 0 atom stereocenters. The Hall–Kier alpha value is -3.91. The molecule has 0 aliphatic heterocycles. The fraction of sp³-hybridized carbons (Fsp3) is 0.154. The molecule has 7 nitrogen and oxygen atoms in total. The first kappa shape index (κ1) is 23.3. The predicted molar refractivity (Wildman–Crippen MR) is 136 cm³/mol. The van der Waals surface area contributed by atoms with Crippen LogP contribution < -0.4 is 10.6 Å². The number of benzene rings is 3. The first-order valence-electron chi connectivity index (χ1n) is 10.9. The van der Waals surface area contributed by atoms with Crippen molar-refractivity contribution in [1.29, 1.82) is 0 Å². The van der Waals surface area contributed by atoms with Crippen LogP contribution in [0.1, 0.15) is 13.8 Å². The maximum absolute atomic E-state index is 12.6. The number of rotatable bonds is 8. The maximum atomic E-state index is 12.6. The van der Waals surface area contributed by atoms with E-state index in [0.29, 0.717) is 22.4 Å². The highest BCUT2D eigenvalue weighted by atomic mass is 32.2. The molecular weight excluding hydrogens is 446 g/mol. The van der Waals surface area contributed by atoms with Gasteiger partial charge in [-0.3, -0.25) is 14.2 Å². The number of carbonyl (C=O) groups excluding carboxylic acids is 2. The van der Waals surface area contributed by atoms with Gasteiger partial charge < -0.3 is 10.6 Å². The van der Waals surface area contributed by atoms with Gasteiger partial charge in [-0.05, 0) is 36.4 Å². The first-order chi connectivity index (χ1) is 16.5. The highest BCUT2D eigenvalue weighted by Gasteiger charge is 2.17. The zero-order valence-electron chi connectivity index (χ0n) is 18.9. The third kappa shape index (κ3) is 5.71. The molecule has 0 saturated heterocycles. The molecule has 2 amide bonds. The van der Waals surface area contributed by atoms with E-state index in [1.807, 2.05) is 79.1 Å². The summed E-state index contributed by atoms with van der Waals surface area (Å²) >= 11 is 1.32. The molecule has 4 aromatic rings. The molecule has 4 rings (SSSR count). The molecule has 0 spiro atoms. The van der Waals surface area contributed by atoms with Gasteiger partial charge in [-0.2, -0.15) is 0 Å². The Kier molecular flexibility index (Phi) is 7.39. The second-order valence-corrected chi connectivity index (χ2v) is 8.84. The van der Waals surface area contributed by atoms with Crippen LogP contribution in [-0.2, 0) is 9.59 Å². The van der Waals surface area contributed by atoms with E-state index < -0.39 is 0 Å². The van der Waals surface area contributed by atoms with E-state index in [4.69, 9.17) is 0 Å². The van der Waals surface area contributed by atoms with Crippen LogP contribution in [-0.4, -0.2) is 32.3 Å². The first-order valence-corrected chi connectivity index (χ1v) is 11.9. The Morgan fingerprint density at radius 3 is 2.03 bits per heavy atom. The van der Waals surface area contributed by atoms with Crippen molar-refractivity contribution >= 4 is 35.0 Å². The molecule has 172 valence electrons. The van der Waals surface area contributed by atoms with Gasteiger partial charge >= 0.3 is 0 Å². The lowest BCUT2D eigenvalue weighted by Gasteiger charge is -2.11. The van der Waals surface area contributed by atoms with E-state index in [-0.39, 0.29) is 23.5 Å². The minimum Gasteiger partial charge on any atom is -0.326 e. The molecule has 2 N–H and O–H groups in total. The van der Waals surface area contributed by atoms with Crippen LogP contribution in [0.5, 0.6) is 0 Å². The molecular formula is C26H25N5O2S. The topological polar surface area (TPSA) is 88.9 Å². The Bertz CT molecular complexity index is 1260. The summed E-state index contributed by atoms with van der Waals surface area (Å²) in [5, 5.41) is 15.1. The van der Waals surface area contributed by atoms with Crippen molar-refractivity contribution in [2.45, 2.75) is 19.0 Å². The number of aromatic nitrogens is 3. The molecule has 3 aromatic carbocycles. The highest BCUT2D eigenvalue weighted by Crippen LogP contribution is 2.28. The largest absolute Gasteiger partial charge is 0.326 e. The van der Waals surface area contributed by atoms with Crippen molar-refractivity contribution in [2.24, 2.45) is 5.92 Å². The lowest BCUT2D eigenvalue weighted by Crippen LogP contribution is -2.18.